The van der Waals surface area contributed by atoms with Crippen molar-refractivity contribution < 1.29 is 19.4 Å². The van der Waals surface area contributed by atoms with Gasteiger partial charge in [0.05, 0.1) is 0 Å². The van der Waals surface area contributed by atoms with Crippen molar-refractivity contribution in [3.63, 3.8) is 0 Å². The number of hydrogen-bond acceptors (Lipinski definition) is 4. The van der Waals surface area contributed by atoms with Crippen molar-refractivity contribution in [1.29, 1.82) is 0 Å². The molecule has 0 bridgehead atoms. The Morgan fingerprint density at radius 2 is 1.95 bits per heavy atom. The molecule has 21 heavy (non-hydrogen) atoms. The highest BCUT2D eigenvalue weighted by Gasteiger charge is 2.33. The lowest BCUT2D eigenvalue weighted by Gasteiger charge is -2.35. The highest BCUT2D eigenvalue weighted by Crippen LogP contribution is 2.39. The van der Waals surface area contributed by atoms with Gasteiger partial charge in [0.25, 0.3) is 0 Å². The third-order valence-corrected chi connectivity index (χ3v) is 5.12. The Labute approximate surface area is 129 Å². The molecule has 118 valence electrons. The molecule has 0 saturated carbocycles. The molecule has 0 aromatic heterocycles. The number of thioether (sulfide) groups is 1. The van der Waals surface area contributed by atoms with Gasteiger partial charge in [0, 0.05) is 23.9 Å². The minimum Gasteiger partial charge on any atom is -0.478 e. The summed E-state index contributed by atoms with van der Waals surface area (Å²) in [5, 5.41) is 11.1. The molecule has 0 aliphatic carbocycles. The lowest BCUT2D eigenvalue weighted by atomic mass is 9.90. The summed E-state index contributed by atoms with van der Waals surface area (Å²) in [5.74, 6) is -0.335. The van der Waals surface area contributed by atoms with Gasteiger partial charge in [0.2, 0.25) is 0 Å². The summed E-state index contributed by atoms with van der Waals surface area (Å²) in [7, 11) is 0. The zero-order valence-corrected chi connectivity index (χ0v) is 13.6. The zero-order chi connectivity index (χ0) is 15.6. The van der Waals surface area contributed by atoms with Crippen molar-refractivity contribution in [3.8, 4) is 0 Å². The molecule has 1 unspecified atom stereocenters. The van der Waals surface area contributed by atoms with Crippen LogP contribution in [0.25, 0.3) is 0 Å². The van der Waals surface area contributed by atoms with Crippen LogP contribution in [0.5, 0.6) is 0 Å². The van der Waals surface area contributed by atoms with Crippen LogP contribution in [0.15, 0.2) is 11.0 Å². The average molecular weight is 313 g/mol. The number of rotatable bonds is 2. The molecule has 2 aliphatic rings. The normalized spacial score (nSPS) is 23.9. The molecule has 1 saturated heterocycles. The van der Waals surface area contributed by atoms with E-state index in [2.05, 4.69) is 0 Å². The van der Waals surface area contributed by atoms with Crippen molar-refractivity contribution in [1.82, 2.24) is 4.90 Å². The van der Waals surface area contributed by atoms with Crippen LogP contribution in [0.2, 0.25) is 0 Å². The van der Waals surface area contributed by atoms with E-state index < -0.39 is 11.6 Å². The summed E-state index contributed by atoms with van der Waals surface area (Å²) in [6.07, 6.45) is 2.22. The molecule has 1 fully saturated rings. The van der Waals surface area contributed by atoms with E-state index in [0.29, 0.717) is 36.3 Å². The summed E-state index contributed by atoms with van der Waals surface area (Å²) >= 11 is 1.63. The predicted octanol–water partition coefficient (Wildman–Crippen LogP) is 3.11. The van der Waals surface area contributed by atoms with Gasteiger partial charge in [-0.3, -0.25) is 0 Å². The first-order valence-corrected chi connectivity index (χ1v) is 8.26. The number of likely N-dealkylation sites (tertiary alicyclic amines) is 1. The van der Waals surface area contributed by atoms with Gasteiger partial charge in [0.15, 0.2) is 0 Å². The number of carbonyl (C=O) groups is 2. The van der Waals surface area contributed by atoms with Crippen molar-refractivity contribution >= 4 is 23.8 Å². The molecule has 0 spiro atoms. The second-order valence-electron chi connectivity index (χ2n) is 6.63. The summed E-state index contributed by atoms with van der Waals surface area (Å²) in [6, 6.07) is 0. The Kier molecular flexibility index (Phi) is 4.86. The fourth-order valence-corrected chi connectivity index (χ4v) is 3.98. The van der Waals surface area contributed by atoms with Gasteiger partial charge in [-0.25, -0.2) is 9.59 Å². The third kappa shape index (κ3) is 4.40. The van der Waals surface area contributed by atoms with E-state index in [1.165, 1.54) is 0 Å². The Bertz CT molecular complexity index is 447. The quantitative estimate of drug-likeness (QED) is 0.848. The second-order valence-corrected chi connectivity index (χ2v) is 7.75. The molecule has 0 radical (unpaired) electrons. The average Bonchev–Trinajstić information content (AvgIpc) is 2.86. The van der Waals surface area contributed by atoms with E-state index in [4.69, 9.17) is 9.84 Å². The van der Waals surface area contributed by atoms with E-state index in [1.807, 2.05) is 20.8 Å². The molecule has 1 N–H and O–H groups in total. The Morgan fingerprint density at radius 1 is 1.33 bits per heavy atom. The highest BCUT2D eigenvalue weighted by atomic mass is 32.2. The Hall–Kier alpha value is -1.17. The molecular formula is C15H23NO4S. The van der Waals surface area contributed by atoms with Gasteiger partial charge in [-0.05, 0) is 51.4 Å². The Balaban J connectivity index is 1.79. The number of carbonyl (C=O) groups excluding carboxylic acids is 1. The van der Waals surface area contributed by atoms with Crippen molar-refractivity contribution in [2.45, 2.75) is 50.9 Å². The molecular weight excluding hydrogens is 290 g/mol. The number of nitrogens with zero attached hydrogens (tertiary/aromatic N) is 1. The fraction of sp³-hybridized carbons (Fsp3) is 0.733. The monoisotopic (exact) mass is 313 g/mol. The molecule has 6 heteroatoms. The van der Waals surface area contributed by atoms with Gasteiger partial charge in [0.1, 0.15) is 5.60 Å². The highest BCUT2D eigenvalue weighted by molar-refractivity contribution is 8.03. The lowest BCUT2D eigenvalue weighted by Crippen LogP contribution is -2.43. The van der Waals surface area contributed by atoms with E-state index in [1.54, 1.807) is 22.1 Å². The summed E-state index contributed by atoms with van der Waals surface area (Å²) in [4.78, 5) is 24.7. The maximum Gasteiger partial charge on any atom is 0.410 e. The minimum atomic E-state index is -0.809. The standard InChI is InChI=1S/C15H23NO4S/c1-15(2,3)20-14(19)16-6-4-10(5-7-16)12-8-11(9-21-12)13(17)18/h9-10,12H,4-8H2,1-3H3,(H,17,18). The third-order valence-electron chi connectivity index (χ3n) is 3.80. The van der Waals surface area contributed by atoms with Crippen LogP contribution in [0, 0.1) is 5.92 Å². The van der Waals surface area contributed by atoms with Gasteiger partial charge >= 0.3 is 12.1 Å². The zero-order valence-electron chi connectivity index (χ0n) is 12.8. The first kappa shape index (κ1) is 16.2. The van der Waals surface area contributed by atoms with Gasteiger partial charge in [-0.2, -0.15) is 0 Å². The maximum absolute atomic E-state index is 12.0. The van der Waals surface area contributed by atoms with Crippen LogP contribution in [0.1, 0.15) is 40.0 Å². The van der Waals surface area contributed by atoms with Crippen molar-refractivity contribution in [2.24, 2.45) is 5.92 Å². The SMILES string of the molecule is CC(C)(C)OC(=O)N1CCC(C2CC(C(=O)O)=CS2)CC1. The molecule has 0 aromatic carbocycles. The largest absolute Gasteiger partial charge is 0.478 e. The number of ether oxygens (including phenoxy) is 1. The summed E-state index contributed by atoms with van der Waals surface area (Å²) < 4.78 is 5.38. The van der Waals surface area contributed by atoms with Crippen molar-refractivity contribution in [3.05, 3.63) is 11.0 Å². The van der Waals surface area contributed by atoms with E-state index in [-0.39, 0.29) is 6.09 Å². The van der Waals surface area contributed by atoms with Crippen LogP contribution in [-0.4, -0.2) is 46.0 Å². The molecule has 1 amide bonds. The number of carboxylic acid groups (broad SMARTS) is 1. The molecule has 2 heterocycles. The number of aliphatic carboxylic acids is 1. The maximum atomic E-state index is 12.0. The predicted molar refractivity (Wildman–Crippen MR) is 82.2 cm³/mol. The van der Waals surface area contributed by atoms with Crippen LogP contribution < -0.4 is 0 Å². The fourth-order valence-electron chi connectivity index (χ4n) is 2.68. The van der Waals surface area contributed by atoms with Gasteiger partial charge in [-0.15, -0.1) is 11.8 Å². The van der Waals surface area contributed by atoms with Gasteiger partial charge in [-0.1, -0.05) is 0 Å². The molecule has 2 aliphatic heterocycles. The topological polar surface area (TPSA) is 66.8 Å². The van der Waals surface area contributed by atoms with Crippen molar-refractivity contribution in [2.75, 3.05) is 13.1 Å². The Morgan fingerprint density at radius 3 is 2.43 bits per heavy atom. The second kappa shape index (κ2) is 6.30. The van der Waals surface area contributed by atoms with Crippen LogP contribution in [0.4, 0.5) is 4.79 Å². The number of carboxylic acids is 1. The minimum absolute atomic E-state index is 0.246. The first-order valence-electron chi connectivity index (χ1n) is 7.32. The van der Waals surface area contributed by atoms with Crippen LogP contribution in [-0.2, 0) is 9.53 Å². The van der Waals surface area contributed by atoms with E-state index in [9.17, 15) is 9.59 Å². The van der Waals surface area contributed by atoms with Crippen LogP contribution in [0.3, 0.4) is 0 Å². The van der Waals surface area contributed by atoms with Gasteiger partial charge < -0.3 is 14.7 Å². The number of hydrogen-bond donors (Lipinski definition) is 1. The lowest BCUT2D eigenvalue weighted by molar-refractivity contribution is -0.132. The van der Waals surface area contributed by atoms with Crippen LogP contribution >= 0.6 is 11.8 Å². The first-order chi connectivity index (χ1) is 9.76. The molecule has 2 rings (SSSR count). The number of piperidine rings is 1. The smallest absolute Gasteiger partial charge is 0.410 e. The molecule has 1 atom stereocenters. The number of amides is 1. The summed E-state index contributed by atoms with van der Waals surface area (Å²) in [6.45, 7) is 6.99. The molecule has 5 nitrogen and oxygen atoms in total. The molecule has 0 aromatic rings. The van der Waals surface area contributed by atoms with E-state index >= 15 is 0 Å². The van der Waals surface area contributed by atoms with E-state index in [0.717, 1.165) is 12.8 Å². The summed E-state index contributed by atoms with van der Waals surface area (Å²) in [5.41, 5.74) is 0.0507.